The molecule has 1 N–H and O–H groups in total. The van der Waals surface area contributed by atoms with E-state index in [-0.39, 0.29) is 5.91 Å². The Labute approximate surface area is 144 Å². The molecule has 6 heteroatoms. The van der Waals surface area contributed by atoms with Crippen molar-refractivity contribution in [2.75, 3.05) is 11.1 Å². The highest BCUT2D eigenvalue weighted by Gasteiger charge is 2.09. The molecule has 122 valence electrons. The van der Waals surface area contributed by atoms with E-state index in [2.05, 4.69) is 15.5 Å². The van der Waals surface area contributed by atoms with Gasteiger partial charge in [-0.15, -0.1) is 11.8 Å². The zero-order chi connectivity index (χ0) is 16.8. The molecular weight excluding hydrogens is 322 g/mol. The van der Waals surface area contributed by atoms with Crippen molar-refractivity contribution in [2.24, 2.45) is 0 Å². The quantitative estimate of drug-likeness (QED) is 0.737. The summed E-state index contributed by atoms with van der Waals surface area (Å²) in [5, 5.41) is 6.82. The molecule has 0 saturated carbocycles. The van der Waals surface area contributed by atoms with Gasteiger partial charge in [0.15, 0.2) is 0 Å². The number of nitrogens with one attached hydrogen (secondary N) is 1. The predicted octanol–water partition coefficient (Wildman–Crippen LogP) is 3.92. The molecule has 3 rings (SSSR count). The number of carbonyl (C=O) groups is 1. The van der Waals surface area contributed by atoms with Crippen molar-refractivity contribution in [3.63, 3.8) is 0 Å². The maximum Gasteiger partial charge on any atom is 0.236 e. The molecule has 0 atom stereocenters. The van der Waals surface area contributed by atoms with Gasteiger partial charge in [-0.3, -0.25) is 4.79 Å². The first-order valence-electron chi connectivity index (χ1n) is 7.53. The van der Waals surface area contributed by atoms with Gasteiger partial charge in [0.25, 0.3) is 0 Å². The number of thioether (sulfide) groups is 1. The van der Waals surface area contributed by atoms with E-state index < -0.39 is 0 Å². The first kappa shape index (κ1) is 16.3. The molecule has 1 aromatic heterocycles. The van der Waals surface area contributed by atoms with E-state index in [1.54, 1.807) is 0 Å². The maximum absolute atomic E-state index is 11.9. The Morgan fingerprint density at radius 2 is 1.88 bits per heavy atom. The van der Waals surface area contributed by atoms with Crippen LogP contribution in [-0.4, -0.2) is 21.8 Å². The molecule has 0 aliphatic carbocycles. The molecule has 0 aliphatic heterocycles. The van der Waals surface area contributed by atoms with Crippen molar-refractivity contribution in [3.8, 4) is 11.4 Å². The third-order valence-electron chi connectivity index (χ3n) is 3.29. The lowest BCUT2D eigenvalue weighted by Gasteiger charge is -2.04. The number of amides is 1. The standard InChI is InChI=1S/C18H17N3O2S/c1-13-7-9-15(10-8-13)19-16(22)11-24-12-17-20-18(21-23-17)14-5-3-2-4-6-14/h2-10H,11-12H2,1H3,(H,19,22). The monoisotopic (exact) mass is 339 g/mol. The number of benzene rings is 2. The molecule has 0 bridgehead atoms. The average molecular weight is 339 g/mol. The molecule has 0 radical (unpaired) electrons. The number of rotatable bonds is 6. The second-order valence-electron chi connectivity index (χ2n) is 5.28. The van der Waals surface area contributed by atoms with E-state index in [9.17, 15) is 4.79 Å². The summed E-state index contributed by atoms with van der Waals surface area (Å²) in [6.45, 7) is 2.01. The SMILES string of the molecule is Cc1ccc(NC(=O)CSCc2nc(-c3ccccc3)no2)cc1. The first-order valence-corrected chi connectivity index (χ1v) is 8.68. The highest BCUT2D eigenvalue weighted by atomic mass is 32.2. The smallest absolute Gasteiger partial charge is 0.236 e. The fraction of sp³-hybridized carbons (Fsp3) is 0.167. The fourth-order valence-corrected chi connectivity index (χ4v) is 2.73. The van der Waals surface area contributed by atoms with Crippen LogP contribution in [0.3, 0.4) is 0 Å². The van der Waals surface area contributed by atoms with Crippen molar-refractivity contribution < 1.29 is 9.32 Å². The van der Waals surface area contributed by atoms with Gasteiger partial charge in [0.05, 0.1) is 11.5 Å². The largest absolute Gasteiger partial charge is 0.338 e. The normalized spacial score (nSPS) is 10.5. The lowest BCUT2D eigenvalue weighted by Crippen LogP contribution is -2.14. The number of anilines is 1. The van der Waals surface area contributed by atoms with Crippen LogP contribution in [0, 0.1) is 6.92 Å². The minimum atomic E-state index is -0.0494. The maximum atomic E-state index is 11.9. The van der Waals surface area contributed by atoms with Gasteiger partial charge in [-0.05, 0) is 19.1 Å². The molecule has 3 aromatic rings. The summed E-state index contributed by atoms with van der Waals surface area (Å²) < 4.78 is 5.22. The molecule has 2 aromatic carbocycles. The van der Waals surface area contributed by atoms with Crippen LogP contribution < -0.4 is 5.32 Å². The third kappa shape index (κ3) is 4.45. The summed E-state index contributed by atoms with van der Waals surface area (Å²) in [6, 6.07) is 17.4. The topological polar surface area (TPSA) is 68.0 Å². The Balaban J connectivity index is 1.47. The molecule has 0 spiro atoms. The molecule has 0 unspecified atom stereocenters. The van der Waals surface area contributed by atoms with Crippen LogP contribution in [0.2, 0.25) is 0 Å². The highest BCUT2D eigenvalue weighted by Crippen LogP contribution is 2.18. The molecule has 0 saturated heterocycles. The molecule has 5 nitrogen and oxygen atoms in total. The minimum Gasteiger partial charge on any atom is -0.338 e. The van der Waals surface area contributed by atoms with Gasteiger partial charge in [-0.1, -0.05) is 53.2 Å². The number of nitrogens with zero attached hydrogens (tertiary/aromatic N) is 2. The van der Waals surface area contributed by atoms with Gasteiger partial charge >= 0.3 is 0 Å². The van der Waals surface area contributed by atoms with Crippen molar-refractivity contribution in [2.45, 2.75) is 12.7 Å². The van der Waals surface area contributed by atoms with Crippen LogP contribution in [-0.2, 0) is 10.5 Å². The van der Waals surface area contributed by atoms with Gasteiger partial charge < -0.3 is 9.84 Å². The van der Waals surface area contributed by atoms with Crippen LogP contribution in [0.5, 0.6) is 0 Å². The van der Waals surface area contributed by atoms with Crippen molar-refractivity contribution >= 4 is 23.4 Å². The van der Waals surface area contributed by atoms with E-state index in [1.807, 2.05) is 61.5 Å². The molecule has 1 heterocycles. The number of aromatic nitrogens is 2. The van der Waals surface area contributed by atoms with Crippen LogP contribution in [0.15, 0.2) is 59.1 Å². The van der Waals surface area contributed by atoms with E-state index in [4.69, 9.17) is 4.52 Å². The average Bonchev–Trinajstić information content (AvgIpc) is 3.07. The van der Waals surface area contributed by atoms with Gasteiger partial charge in [-0.25, -0.2) is 0 Å². The second-order valence-corrected chi connectivity index (χ2v) is 6.27. The summed E-state index contributed by atoms with van der Waals surface area (Å²) in [5.41, 5.74) is 2.87. The van der Waals surface area contributed by atoms with Gasteiger partial charge in [0.1, 0.15) is 0 Å². The Morgan fingerprint density at radius 3 is 2.62 bits per heavy atom. The van der Waals surface area contributed by atoms with Gasteiger partial charge in [0.2, 0.25) is 17.6 Å². The van der Waals surface area contributed by atoms with E-state index >= 15 is 0 Å². The summed E-state index contributed by atoms with van der Waals surface area (Å²) >= 11 is 1.44. The van der Waals surface area contributed by atoms with Crippen LogP contribution >= 0.6 is 11.8 Å². The molecule has 1 amide bonds. The predicted molar refractivity (Wildman–Crippen MR) is 95.7 cm³/mol. The number of hydrogen-bond donors (Lipinski definition) is 1. The number of hydrogen-bond acceptors (Lipinski definition) is 5. The lowest BCUT2D eigenvalue weighted by molar-refractivity contribution is -0.113. The van der Waals surface area contributed by atoms with E-state index in [0.29, 0.717) is 23.2 Å². The summed E-state index contributed by atoms with van der Waals surface area (Å²) in [5.74, 6) is 1.86. The van der Waals surface area contributed by atoms with Gasteiger partial charge in [0, 0.05) is 11.3 Å². The molecule has 0 fully saturated rings. The van der Waals surface area contributed by atoms with Crippen molar-refractivity contribution in [1.82, 2.24) is 10.1 Å². The zero-order valence-electron chi connectivity index (χ0n) is 13.2. The number of aryl methyl sites for hydroxylation is 1. The Morgan fingerprint density at radius 1 is 1.12 bits per heavy atom. The lowest BCUT2D eigenvalue weighted by atomic mass is 10.2. The third-order valence-corrected chi connectivity index (χ3v) is 4.21. The Kier molecular flexibility index (Phi) is 5.28. The first-order chi connectivity index (χ1) is 11.7. The van der Waals surface area contributed by atoms with E-state index in [0.717, 1.165) is 16.8 Å². The Hall–Kier alpha value is -2.60. The number of carbonyl (C=O) groups excluding carboxylic acids is 1. The minimum absolute atomic E-state index is 0.0494. The Bertz CT molecular complexity index is 801. The van der Waals surface area contributed by atoms with Crippen LogP contribution in [0.4, 0.5) is 5.69 Å². The highest BCUT2D eigenvalue weighted by molar-refractivity contribution is 7.99. The summed E-state index contributed by atoms with van der Waals surface area (Å²) in [6.07, 6.45) is 0. The van der Waals surface area contributed by atoms with Crippen molar-refractivity contribution in [1.29, 1.82) is 0 Å². The molecular formula is C18H17N3O2S. The molecule has 0 aliphatic rings. The fourth-order valence-electron chi connectivity index (χ4n) is 2.08. The zero-order valence-corrected chi connectivity index (χ0v) is 14.0. The molecule has 24 heavy (non-hydrogen) atoms. The van der Waals surface area contributed by atoms with Crippen LogP contribution in [0.1, 0.15) is 11.5 Å². The van der Waals surface area contributed by atoms with Gasteiger partial charge in [-0.2, -0.15) is 4.98 Å². The van der Waals surface area contributed by atoms with E-state index in [1.165, 1.54) is 11.8 Å². The summed E-state index contributed by atoms with van der Waals surface area (Å²) in [4.78, 5) is 16.3. The second kappa shape index (κ2) is 7.79. The summed E-state index contributed by atoms with van der Waals surface area (Å²) in [7, 11) is 0. The van der Waals surface area contributed by atoms with Crippen LogP contribution in [0.25, 0.3) is 11.4 Å². The van der Waals surface area contributed by atoms with Crippen molar-refractivity contribution in [3.05, 3.63) is 66.1 Å².